The molecule has 1 unspecified atom stereocenters. The maximum Gasteiger partial charge on any atom is 0.257 e. The van der Waals surface area contributed by atoms with Gasteiger partial charge < -0.3 is 19.8 Å². The highest BCUT2D eigenvalue weighted by Crippen LogP contribution is 2.28. The van der Waals surface area contributed by atoms with Crippen molar-refractivity contribution >= 4 is 11.0 Å². The van der Waals surface area contributed by atoms with Crippen molar-refractivity contribution in [1.29, 1.82) is 0 Å². The lowest BCUT2D eigenvalue weighted by Gasteiger charge is -1.97. The van der Waals surface area contributed by atoms with Crippen molar-refractivity contribution in [3.05, 3.63) is 36.4 Å². The van der Waals surface area contributed by atoms with Crippen LogP contribution >= 0.6 is 0 Å². The highest BCUT2D eigenvalue weighted by atomic mass is 16.5. The lowest BCUT2D eigenvalue weighted by molar-refractivity contribution is 0.141. The van der Waals surface area contributed by atoms with Crippen molar-refractivity contribution in [3.8, 4) is 11.4 Å². The third-order valence-electron chi connectivity index (χ3n) is 2.67. The lowest BCUT2D eigenvalue weighted by atomic mass is 10.2. The van der Waals surface area contributed by atoms with Crippen LogP contribution in [0.25, 0.3) is 22.4 Å². The molecule has 2 aromatic heterocycles. The second-order valence-corrected chi connectivity index (χ2v) is 3.85. The van der Waals surface area contributed by atoms with Crippen LogP contribution in [0.1, 0.15) is 12.0 Å². The van der Waals surface area contributed by atoms with Crippen LogP contribution in [0.3, 0.4) is 0 Å². The van der Waals surface area contributed by atoms with E-state index < -0.39 is 6.10 Å². The first-order chi connectivity index (χ1) is 8.79. The van der Waals surface area contributed by atoms with E-state index in [4.69, 9.17) is 14.7 Å². The molecule has 0 amide bonds. The number of aromatic nitrogens is 2. The summed E-state index contributed by atoms with van der Waals surface area (Å²) in [6.45, 7) is 0.0355. The predicted molar refractivity (Wildman–Crippen MR) is 63.5 cm³/mol. The van der Waals surface area contributed by atoms with Gasteiger partial charge in [-0.1, -0.05) is 23.4 Å². The van der Waals surface area contributed by atoms with E-state index in [1.165, 1.54) is 0 Å². The molecule has 6 heteroatoms. The summed E-state index contributed by atoms with van der Waals surface area (Å²) in [5.74, 6) is 0.486. The maximum absolute atomic E-state index is 9.51. The van der Waals surface area contributed by atoms with Crippen molar-refractivity contribution in [1.82, 2.24) is 10.1 Å². The second kappa shape index (κ2) is 4.25. The SMILES string of the molecule is NCC(O)c1nc(-c2coc3ccccc23)no1. The summed E-state index contributed by atoms with van der Waals surface area (Å²) in [5, 5.41) is 14.2. The molecule has 1 aromatic carbocycles. The summed E-state index contributed by atoms with van der Waals surface area (Å²) < 4.78 is 10.3. The Hall–Kier alpha value is -2.18. The molecular formula is C12H11N3O3. The molecule has 0 aliphatic heterocycles. The van der Waals surface area contributed by atoms with Gasteiger partial charge in [0.25, 0.3) is 5.89 Å². The molecule has 3 aromatic rings. The summed E-state index contributed by atoms with van der Waals surface area (Å²) in [7, 11) is 0. The van der Waals surface area contributed by atoms with Crippen molar-refractivity contribution in [2.24, 2.45) is 5.73 Å². The van der Waals surface area contributed by atoms with E-state index in [1.807, 2.05) is 24.3 Å². The first-order valence-corrected chi connectivity index (χ1v) is 5.48. The fourth-order valence-electron chi connectivity index (χ4n) is 1.73. The monoisotopic (exact) mass is 245 g/mol. The molecule has 3 N–H and O–H groups in total. The number of fused-ring (bicyclic) bond motifs is 1. The Morgan fingerprint density at radius 1 is 1.33 bits per heavy atom. The fourth-order valence-corrected chi connectivity index (χ4v) is 1.73. The molecule has 0 saturated heterocycles. The van der Waals surface area contributed by atoms with E-state index in [-0.39, 0.29) is 12.4 Å². The van der Waals surface area contributed by atoms with Crippen LogP contribution in [0, 0.1) is 0 Å². The molecule has 2 heterocycles. The Bertz CT molecular complexity index is 674. The van der Waals surface area contributed by atoms with E-state index in [0.29, 0.717) is 5.82 Å². The summed E-state index contributed by atoms with van der Waals surface area (Å²) in [4.78, 5) is 4.11. The lowest BCUT2D eigenvalue weighted by Crippen LogP contribution is -2.11. The van der Waals surface area contributed by atoms with Crippen molar-refractivity contribution in [2.75, 3.05) is 6.54 Å². The van der Waals surface area contributed by atoms with Gasteiger partial charge in [-0.05, 0) is 6.07 Å². The van der Waals surface area contributed by atoms with Crippen LogP contribution < -0.4 is 5.73 Å². The maximum atomic E-state index is 9.51. The van der Waals surface area contributed by atoms with Crippen molar-refractivity contribution in [2.45, 2.75) is 6.10 Å². The standard InChI is InChI=1S/C12H11N3O3/c13-5-9(16)12-14-11(15-18-12)8-6-17-10-4-2-1-3-7(8)10/h1-4,6,9,16H,5,13H2. The topological polar surface area (TPSA) is 98.3 Å². The third-order valence-corrected chi connectivity index (χ3v) is 2.67. The molecule has 0 aliphatic rings. The first-order valence-electron chi connectivity index (χ1n) is 5.48. The van der Waals surface area contributed by atoms with Crippen molar-refractivity contribution < 1.29 is 14.0 Å². The van der Waals surface area contributed by atoms with Crippen molar-refractivity contribution in [3.63, 3.8) is 0 Å². The van der Waals surface area contributed by atoms with Gasteiger partial charge in [-0.15, -0.1) is 0 Å². The molecule has 0 spiro atoms. The molecule has 0 aliphatic carbocycles. The third kappa shape index (κ3) is 1.68. The zero-order valence-electron chi connectivity index (χ0n) is 9.41. The first kappa shape index (κ1) is 10.9. The van der Waals surface area contributed by atoms with E-state index in [2.05, 4.69) is 10.1 Å². The number of aliphatic hydroxyl groups excluding tert-OH is 1. The Kier molecular flexibility index (Phi) is 2.58. The van der Waals surface area contributed by atoms with Crippen LogP contribution in [-0.2, 0) is 0 Å². The highest BCUT2D eigenvalue weighted by Gasteiger charge is 2.18. The molecule has 0 bridgehead atoms. The summed E-state index contributed by atoms with van der Waals surface area (Å²) >= 11 is 0. The molecule has 0 fully saturated rings. The summed E-state index contributed by atoms with van der Waals surface area (Å²) in [6.07, 6.45) is 0.623. The van der Waals surface area contributed by atoms with Gasteiger partial charge in [-0.2, -0.15) is 4.98 Å². The number of benzene rings is 1. The zero-order valence-corrected chi connectivity index (χ0v) is 9.41. The largest absolute Gasteiger partial charge is 0.464 e. The number of nitrogens with two attached hydrogens (primary N) is 1. The smallest absolute Gasteiger partial charge is 0.257 e. The molecule has 3 rings (SSSR count). The summed E-state index contributed by atoms with van der Waals surface area (Å²) in [5.41, 5.74) is 6.80. The van der Waals surface area contributed by atoms with Crippen LogP contribution in [0.15, 0.2) is 39.5 Å². The molecule has 0 saturated carbocycles. The minimum absolute atomic E-state index is 0.0355. The predicted octanol–water partition coefficient (Wildman–Crippen LogP) is 1.47. The minimum Gasteiger partial charge on any atom is -0.464 e. The number of para-hydroxylation sites is 1. The Morgan fingerprint density at radius 2 is 2.17 bits per heavy atom. The van der Waals surface area contributed by atoms with Gasteiger partial charge >= 0.3 is 0 Å². The molecular weight excluding hydrogens is 234 g/mol. The van der Waals surface area contributed by atoms with E-state index in [1.54, 1.807) is 6.26 Å². The Balaban J connectivity index is 2.07. The minimum atomic E-state index is -0.940. The van der Waals surface area contributed by atoms with Gasteiger partial charge in [0.15, 0.2) is 0 Å². The zero-order chi connectivity index (χ0) is 12.5. The van der Waals surface area contributed by atoms with Gasteiger partial charge in [0.05, 0.1) is 5.56 Å². The van der Waals surface area contributed by atoms with Gasteiger partial charge in [0, 0.05) is 11.9 Å². The van der Waals surface area contributed by atoms with Gasteiger partial charge in [-0.25, -0.2) is 0 Å². The van der Waals surface area contributed by atoms with Crippen LogP contribution in [0.2, 0.25) is 0 Å². The number of nitrogens with zero attached hydrogens (tertiary/aromatic N) is 2. The van der Waals surface area contributed by atoms with E-state index in [9.17, 15) is 5.11 Å². The second-order valence-electron chi connectivity index (χ2n) is 3.85. The molecule has 6 nitrogen and oxygen atoms in total. The average molecular weight is 245 g/mol. The molecule has 0 radical (unpaired) electrons. The highest BCUT2D eigenvalue weighted by molar-refractivity contribution is 5.91. The van der Waals surface area contributed by atoms with Crippen LogP contribution in [-0.4, -0.2) is 21.8 Å². The van der Waals surface area contributed by atoms with Crippen LogP contribution in [0.4, 0.5) is 0 Å². The van der Waals surface area contributed by atoms with Gasteiger partial charge in [0.1, 0.15) is 18.0 Å². The normalized spacial score (nSPS) is 13.0. The Morgan fingerprint density at radius 3 is 3.00 bits per heavy atom. The number of hydrogen-bond donors (Lipinski definition) is 2. The van der Waals surface area contributed by atoms with Gasteiger partial charge in [-0.3, -0.25) is 0 Å². The van der Waals surface area contributed by atoms with E-state index in [0.717, 1.165) is 16.5 Å². The number of rotatable bonds is 3. The van der Waals surface area contributed by atoms with Crippen LogP contribution in [0.5, 0.6) is 0 Å². The van der Waals surface area contributed by atoms with Gasteiger partial charge in [0.2, 0.25) is 5.82 Å². The average Bonchev–Trinajstić information content (AvgIpc) is 3.03. The fraction of sp³-hybridized carbons (Fsp3) is 0.167. The number of hydrogen-bond acceptors (Lipinski definition) is 6. The Labute approximate surface area is 102 Å². The number of aliphatic hydroxyl groups is 1. The number of furan rings is 1. The quantitative estimate of drug-likeness (QED) is 0.725. The van der Waals surface area contributed by atoms with E-state index >= 15 is 0 Å². The molecule has 1 atom stereocenters. The molecule has 92 valence electrons. The summed E-state index contributed by atoms with van der Waals surface area (Å²) in [6, 6.07) is 7.55. The molecule has 18 heavy (non-hydrogen) atoms.